The Morgan fingerprint density at radius 1 is 1.00 bits per heavy atom. The van der Waals surface area contributed by atoms with E-state index >= 15 is 0 Å². The van der Waals surface area contributed by atoms with Crippen LogP contribution >= 0.6 is 0 Å². The molecule has 3 atom stereocenters. The molecule has 0 spiro atoms. The Balaban J connectivity index is 2.08. The van der Waals surface area contributed by atoms with Crippen LogP contribution in [0.1, 0.15) is 65.2 Å². The van der Waals surface area contributed by atoms with Crippen molar-refractivity contribution < 1.29 is 0 Å². The van der Waals surface area contributed by atoms with Gasteiger partial charge in [-0.15, -0.1) is 0 Å². The number of hydrogen-bond acceptors (Lipinski definition) is 0. The van der Waals surface area contributed by atoms with Crippen molar-refractivity contribution in [1.29, 1.82) is 0 Å². The van der Waals surface area contributed by atoms with Crippen LogP contribution in [0.15, 0.2) is 23.8 Å². The van der Waals surface area contributed by atoms with Crippen LogP contribution in [0.25, 0.3) is 0 Å². The molecule has 0 nitrogen and oxygen atoms in total. The van der Waals surface area contributed by atoms with Gasteiger partial charge in [0.15, 0.2) is 0 Å². The Kier molecular flexibility index (Phi) is 4.88. The molecular weight excluding hydrogens is 204 g/mol. The number of rotatable bonds is 0. The smallest absolute Gasteiger partial charge is 0.0171 e. The van der Waals surface area contributed by atoms with Crippen molar-refractivity contribution in [3.05, 3.63) is 23.8 Å². The molecule has 0 aromatic heterocycles. The minimum atomic E-state index is 0.822. The van der Waals surface area contributed by atoms with Crippen molar-refractivity contribution in [2.75, 3.05) is 0 Å². The maximum atomic E-state index is 2.46. The van der Waals surface area contributed by atoms with Gasteiger partial charge in [0, 0.05) is 0 Å². The molecule has 1 saturated carbocycles. The zero-order valence-corrected chi connectivity index (χ0v) is 11.6. The van der Waals surface area contributed by atoms with Gasteiger partial charge in [-0.3, -0.25) is 0 Å². The van der Waals surface area contributed by atoms with Gasteiger partial charge in [0.2, 0.25) is 0 Å². The fourth-order valence-electron chi connectivity index (χ4n) is 3.72. The van der Waals surface area contributed by atoms with Gasteiger partial charge >= 0.3 is 0 Å². The fraction of sp³-hybridized carbons (Fsp3) is 0.765. The molecule has 2 rings (SSSR count). The van der Waals surface area contributed by atoms with E-state index in [2.05, 4.69) is 32.1 Å². The van der Waals surface area contributed by atoms with Gasteiger partial charge in [-0.05, 0) is 43.4 Å². The highest BCUT2D eigenvalue weighted by molar-refractivity contribution is 5.22. The van der Waals surface area contributed by atoms with Crippen LogP contribution in [-0.4, -0.2) is 0 Å². The Morgan fingerprint density at radius 3 is 2.65 bits per heavy atom. The average Bonchev–Trinajstić information content (AvgIpc) is 2.54. The normalized spacial score (nSPS) is 35.6. The topological polar surface area (TPSA) is 0 Å². The molecule has 0 heterocycles. The van der Waals surface area contributed by atoms with Crippen LogP contribution in [0.3, 0.4) is 0 Å². The monoisotopic (exact) mass is 232 g/mol. The maximum Gasteiger partial charge on any atom is -0.0171 e. The van der Waals surface area contributed by atoms with E-state index in [1.54, 1.807) is 5.57 Å². The second kappa shape index (κ2) is 6.42. The van der Waals surface area contributed by atoms with Crippen LogP contribution in [0.5, 0.6) is 0 Å². The van der Waals surface area contributed by atoms with Gasteiger partial charge in [0.05, 0.1) is 0 Å². The van der Waals surface area contributed by atoms with E-state index in [4.69, 9.17) is 0 Å². The summed E-state index contributed by atoms with van der Waals surface area (Å²) in [6.45, 7) is 4.87. The van der Waals surface area contributed by atoms with Crippen LogP contribution in [0, 0.1) is 17.8 Å². The second-order valence-electron chi connectivity index (χ2n) is 6.16. The first-order valence-electron chi connectivity index (χ1n) is 7.65. The summed E-state index contributed by atoms with van der Waals surface area (Å²) in [5.74, 6) is 2.62. The standard InChI is InChI=1S/C17H28/c1-14-13-15(2)17-12-10-8-6-4-3-5-7-9-11-16(14)17/h7,9,11,14-15,17H,3-6,8,10,12-13H2,1-2H3. The number of fused-ring (bicyclic) bond motifs is 1. The first-order chi connectivity index (χ1) is 8.29. The third-order valence-electron chi connectivity index (χ3n) is 4.72. The third-order valence-corrected chi connectivity index (χ3v) is 4.72. The minimum absolute atomic E-state index is 0.822. The number of allylic oxidation sites excluding steroid dienone is 4. The van der Waals surface area contributed by atoms with Crippen LogP contribution in [0.2, 0.25) is 0 Å². The van der Waals surface area contributed by atoms with E-state index in [0.717, 1.165) is 17.8 Å². The fourth-order valence-corrected chi connectivity index (χ4v) is 3.72. The Bertz CT molecular complexity index is 284. The summed E-state index contributed by atoms with van der Waals surface area (Å²) < 4.78 is 0. The van der Waals surface area contributed by atoms with E-state index in [1.807, 2.05) is 0 Å². The molecule has 0 radical (unpaired) electrons. The van der Waals surface area contributed by atoms with E-state index < -0.39 is 0 Å². The van der Waals surface area contributed by atoms with Gasteiger partial charge in [0.1, 0.15) is 0 Å². The molecule has 1 fully saturated rings. The van der Waals surface area contributed by atoms with Crippen molar-refractivity contribution in [2.24, 2.45) is 17.8 Å². The molecule has 2 aliphatic rings. The van der Waals surface area contributed by atoms with Crippen molar-refractivity contribution in [3.63, 3.8) is 0 Å². The molecule has 0 aromatic carbocycles. The maximum absolute atomic E-state index is 2.46. The molecule has 0 bridgehead atoms. The van der Waals surface area contributed by atoms with E-state index in [1.165, 1.54) is 51.4 Å². The minimum Gasteiger partial charge on any atom is -0.0845 e. The van der Waals surface area contributed by atoms with Crippen molar-refractivity contribution in [3.8, 4) is 0 Å². The average molecular weight is 232 g/mol. The summed E-state index contributed by atoms with van der Waals surface area (Å²) in [4.78, 5) is 0. The summed E-state index contributed by atoms with van der Waals surface area (Å²) in [7, 11) is 0. The highest BCUT2D eigenvalue weighted by Gasteiger charge is 2.32. The molecule has 0 saturated heterocycles. The highest BCUT2D eigenvalue weighted by Crippen LogP contribution is 2.43. The molecule has 96 valence electrons. The van der Waals surface area contributed by atoms with Crippen molar-refractivity contribution in [2.45, 2.75) is 65.2 Å². The predicted molar refractivity (Wildman–Crippen MR) is 76.0 cm³/mol. The van der Waals surface area contributed by atoms with Gasteiger partial charge in [-0.1, -0.05) is 63.3 Å². The van der Waals surface area contributed by atoms with E-state index in [9.17, 15) is 0 Å². The first-order valence-corrected chi connectivity index (χ1v) is 7.65. The lowest BCUT2D eigenvalue weighted by molar-refractivity contribution is 0.408. The Hall–Kier alpha value is -0.520. The van der Waals surface area contributed by atoms with Crippen LogP contribution in [0.4, 0.5) is 0 Å². The molecule has 0 aliphatic heterocycles. The lowest BCUT2D eigenvalue weighted by atomic mass is 9.88. The van der Waals surface area contributed by atoms with Gasteiger partial charge in [-0.25, -0.2) is 0 Å². The van der Waals surface area contributed by atoms with Crippen molar-refractivity contribution >= 4 is 0 Å². The Labute approximate surface area is 107 Å². The van der Waals surface area contributed by atoms with Gasteiger partial charge in [-0.2, -0.15) is 0 Å². The van der Waals surface area contributed by atoms with Crippen molar-refractivity contribution in [1.82, 2.24) is 0 Å². The molecule has 0 N–H and O–H groups in total. The molecule has 2 aliphatic carbocycles. The number of hydrogen-bond donors (Lipinski definition) is 0. The van der Waals surface area contributed by atoms with Crippen LogP contribution in [-0.2, 0) is 0 Å². The zero-order chi connectivity index (χ0) is 12.1. The molecule has 0 aromatic rings. The third kappa shape index (κ3) is 3.47. The first kappa shape index (κ1) is 12.9. The van der Waals surface area contributed by atoms with Gasteiger partial charge in [0.25, 0.3) is 0 Å². The summed E-state index contributed by atoms with van der Waals surface area (Å²) in [6, 6.07) is 0. The molecular formula is C17H28. The summed E-state index contributed by atoms with van der Waals surface area (Å²) in [6.07, 6.45) is 18.4. The molecule has 17 heavy (non-hydrogen) atoms. The van der Waals surface area contributed by atoms with E-state index in [-0.39, 0.29) is 0 Å². The highest BCUT2D eigenvalue weighted by atomic mass is 14.4. The quantitative estimate of drug-likeness (QED) is 0.517. The summed E-state index contributed by atoms with van der Waals surface area (Å²) in [5.41, 5.74) is 1.74. The Morgan fingerprint density at radius 2 is 1.76 bits per heavy atom. The van der Waals surface area contributed by atoms with Crippen LogP contribution < -0.4 is 0 Å². The lowest BCUT2D eigenvalue weighted by Crippen LogP contribution is -2.06. The largest absolute Gasteiger partial charge is 0.0845 e. The van der Waals surface area contributed by atoms with Gasteiger partial charge < -0.3 is 0 Å². The summed E-state index contributed by atoms with van der Waals surface area (Å²) in [5, 5.41) is 0. The molecule has 0 heteroatoms. The second-order valence-corrected chi connectivity index (χ2v) is 6.16. The molecule has 3 unspecified atom stereocenters. The lowest BCUT2D eigenvalue weighted by Gasteiger charge is -2.18. The predicted octanol–water partition coefficient (Wildman–Crippen LogP) is 5.51. The van der Waals surface area contributed by atoms with E-state index in [0.29, 0.717) is 0 Å². The molecule has 0 amide bonds. The zero-order valence-electron chi connectivity index (χ0n) is 11.6. The summed E-state index contributed by atoms with van der Waals surface area (Å²) >= 11 is 0. The SMILES string of the molecule is CC1CC(C)C2CCCCCCCC=CC=C12.